The van der Waals surface area contributed by atoms with Crippen LogP contribution in [0.2, 0.25) is 0 Å². The van der Waals surface area contributed by atoms with E-state index in [4.69, 9.17) is 0 Å². The van der Waals surface area contributed by atoms with Crippen LogP contribution in [0.15, 0.2) is 48.8 Å². The fourth-order valence-corrected chi connectivity index (χ4v) is 3.88. The minimum Gasteiger partial charge on any atom is -0.357 e. The van der Waals surface area contributed by atoms with Gasteiger partial charge in [-0.3, -0.25) is 0 Å². The molecule has 1 aliphatic heterocycles. The molecule has 0 atom stereocenters. The molecule has 3 heterocycles. The van der Waals surface area contributed by atoms with Gasteiger partial charge >= 0.3 is 6.03 Å². The Morgan fingerprint density at radius 1 is 1.14 bits per heavy atom. The monoisotopic (exact) mass is 391 g/mol. The van der Waals surface area contributed by atoms with Gasteiger partial charge in [0.2, 0.25) is 0 Å². The average Bonchev–Trinajstić information content (AvgIpc) is 3.37. The second-order valence-electron chi connectivity index (χ2n) is 8.16. The van der Waals surface area contributed by atoms with E-state index >= 15 is 0 Å². The van der Waals surface area contributed by atoms with E-state index in [1.807, 2.05) is 24.4 Å². The quantitative estimate of drug-likeness (QED) is 0.645. The van der Waals surface area contributed by atoms with Gasteiger partial charge in [0.1, 0.15) is 5.82 Å². The van der Waals surface area contributed by atoms with Gasteiger partial charge in [0.05, 0.1) is 0 Å². The maximum absolute atomic E-state index is 12.4. The van der Waals surface area contributed by atoms with Crippen LogP contribution in [-0.2, 0) is 13.1 Å². The molecule has 29 heavy (non-hydrogen) atoms. The fraction of sp³-hybridized carbons (Fsp3) is 0.391. The van der Waals surface area contributed by atoms with E-state index in [-0.39, 0.29) is 6.03 Å². The summed E-state index contributed by atoms with van der Waals surface area (Å²) in [6.07, 6.45) is 6.36. The summed E-state index contributed by atoms with van der Waals surface area (Å²) in [5.41, 5.74) is 3.04. The third-order valence-corrected chi connectivity index (χ3v) is 5.28. The molecule has 0 bridgehead atoms. The molecule has 1 aliphatic rings. The highest BCUT2D eigenvalue weighted by atomic mass is 16.2. The lowest BCUT2D eigenvalue weighted by Gasteiger charge is -2.17. The number of benzene rings is 1. The highest BCUT2D eigenvalue weighted by Crippen LogP contribution is 2.22. The van der Waals surface area contributed by atoms with E-state index in [9.17, 15) is 4.79 Å². The summed E-state index contributed by atoms with van der Waals surface area (Å²) >= 11 is 0. The third kappa shape index (κ3) is 4.70. The average molecular weight is 392 g/mol. The molecular formula is C23H29N5O. The number of hydrogen-bond acceptors (Lipinski definition) is 3. The van der Waals surface area contributed by atoms with Crippen molar-refractivity contribution >= 4 is 28.4 Å². The third-order valence-electron chi connectivity index (χ3n) is 5.28. The number of nitrogens with zero attached hydrogens (tertiary/aromatic N) is 3. The molecule has 0 radical (unpaired) electrons. The van der Waals surface area contributed by atoms with Crippen LogP contribution >= 0.6 is 0 Å². The topological polar surface area (TPSA) is 62.2 Å². The van der Waals surface area contributed by atoms with Crippen molar-refractivity contribution in [3.63, 3.8) is 0 Å². The zero-order valence-corrected chi connectivity index (χ0v) is 17.2. The molecule has 2 amide bonds. The molecule has 0 aliphatic carbocycles. The van der Waals surface area contributed by atoms with Gasteiger partial charge in [0, 0.05) is 55.2 Å². The first-order chi connectivity index (χ1) is 14.1. The molecule has 2 aromatic heterocycles. The molecule has 2 N–H and O–H groups in total. The molecule has 1 aromatic carbocycles. The van der Waals surface area contributed by atoms with Gasteiger partial charge in [-0.05, 0) is 60.7 Å². The van der Waals surface area contributed by atoms with E-state index in [1.54, 1.807) is 0 Å². The predicted molar refractivity (Wildman–Crippen MR) is 118 cm³/mol. The lowest BCUT2D eigenvalue weighted by atomic mass is 10.2. The largest absolute Gasteiger partial charge is 0.357 e. The summed E-state index contributed by atoms with van der Waals surface area (Å²) < 4.78 is 2.26. The smallest absolute Gasteiger partial charge is 0.319 e. The van der Waals surface area contributed by atoms with Crippen molar-refractivity contribution in [3.8, 4) is 0 Å². The van der Waals surface area contributed by atoms with Gasteiger partial charge in [0.15, 0.2) is 0 Å². The first-order valence-electron chi connectivity index (χ1n) is 10.4. The number of urea groups is 1. The van der Waals surface area contributed by atoms with E-state index in [1.165, 1.54) is 18.4 Å². The number of nitrogens with one attached hydrogen (secondary N) is 2. The Balaban J connectivity index is 1.35. The molecule has 1 fully saturated rings. The minimum atomic E-state index is -0.203. The van der Waals surface area contributed by atoms with Crippen molar-refractivity contribution in [2.24, 2.45) is 5.92 Å². The van der Waals surface area contributed by atoms with Crippen molar-refractivity contribution in [3.05, 3.63) is 54.4 Å². The summed E-state index contributed by atoms with van der Waals surface area (Å²) in [6, 6.07) is 11.9. The molecular weight excluding hydrogens is 362 g/mol. The van der Waals surface area contributed by atoms with Crippen molar-refractivity contribution in [1.82, 2.24) is 14.9 Å². The Bertz CT molecular complexity index is 988. The second-order valence-corrected chi connectivity index (χ2v) is 8.16. The van der Waals surface area contributed by atoms with Crippen molar-refractivity contribution in [1.29, 1.82) is 0 Å². The zero-order chi connectivity index (χ0) is 20.2. The molecule has 0 unspecified atom stereocenters. The van der Waals surface area contributed by atoms with Crippen LogP contribution in [0.4, 0.5) is 16.3 Å². The van der Waals surface area contributed by atoms with Crippen molar-refractivity contribution < 1.29 is 4.79 Å². The van der Waals surface area contributed by atoms with Gasteiger partial charge < -0.3 is 20.1 Å². The van der Waals surface area contributed by atoms with Crippen LogP contribution < -0.4 is 15.5 Å². The highest BCUT2D eigenvalue weighted by Gasteiger charge is 2.13. The summed E-state index contributed by atoms with van der Waals surface area (Å²) in [5, 5.41) is 7.01. The Morgan fingerprint density at radius 3 is 2.76 bits per heavy atom. The normalized spacial score (nSPS) is 14.0. The maximum Gasteiger partial charge on any atom is 0.319 e. The van der Waals surface area contributed by atoms with E-state index in [2.05, 4.69) is 63.3 Å². The molecule has 6 heteroatoms. The molecule has 0 spiro atoms. The number of carbonyl (C=O) groups is 1. The van der Waals surface area contributed by atoms with E-state index < -0.39 is 0 Å². The number of amides is 2. The second kappa shape index (κ2) is 8.55. The van der Waals surface area contributed by atoms with Gasteiger partial charge in [-0.15, -0.1) is 0 Å². The van der Waals surface area contributed by atoms with Crippen LogP contribution in [0.1, 0.15) is 32.3 Å². The summed E-state index contributed by atoms with van der Waals surface area (Å²) in [5.74, 6) is 1.59. The summed E-state index contributed by atoms with van der Waals surface area (Å²) in [4.78, 5) is 19.1. The Labute approximate surface area is 171 Å². The van der Waals surface area contributed by atoms with Gasteiger partial charge in [-0.25, -0.2) is 9.78 Å². The number of hydrogen-bond donors (Lipinski definition) is 2. The standard InChI is InChI=1S/C23H29N5O/c1-17(2)16-28-12-8-19-14-20(5-6-21(19)28)26-23(29)25-15-18-7-9-24-22(13-18)27-10-3-4-11-27/h5-9,12-14,17H,3-4,10-11,15-16H2,1-2H3,(H2,25,26,29). The van der Waals surface area contributed by atoms with Crippen LogP contribution in [0.25, 0.3) is 10.9 Å². The number of anilines is 2. The minimum absolute atomic E-state index is 0.203. The number of fused-ring (bicyclic) bond motifs is 1. The number of rotatable bonds is 6. The lowest BCUT2D eigenvalue weighted by Crippen LogP contribution is -2.28. The number of carbonyl (C=O) groups excluding carboxylic acids is 1. The Hall–Kier alpha value is -3.02. The number of aromatic nitrogens is 2. The lowest BCUT2D eigenvalue weighted by molar-refractivity contribution is 0.251. The van der Waals surface area contributed by atoms with Crippen LogP contribution in [0, 0.1) is 5.92 Å². The predicted octanol–water partition coefficient (Wildman–Crippen LogP) is 4.61. The van der Waals surface area contributed by atoms with E-state index in [0.717, 1.165) is 42.1 Å². The fourth-order valence-electron chi connectivity index (χ4n) is 3.88. The Morgan fingerprint density at radius 2 is 1.97 bits per heavy atom. The van der Waals surface area contributed by atoms with Crippen molar-refractivity contribution in [2.75, 3.05) is 23.3 Å². The SMILES string of the molecule is CC(C)Cn1ccc2cc(NC(=O)NCc3ccnc(N4CCCC4)c3)ccc21. The molecule has 1 saturated heterocycles. The Kier molecular flexibility index (Phi) is 5.69. The van der Waals surface area contributed by atoms with Gasteiger partial charge in [-0.2, -0.15) is 0 Å². The summed E-state index contributed by atoms with van der Waals surface area (Å²) in [7, 11) is 0. The maximum atomic E-state index is 12.4. The molecule has 4 rings (SSSR count). The highest BCUT2D eigenvalue weighted by molar-refractivity contribution is 5.92. The molecule has 6 nitrogen and oxygen atoms in total. The van der Waals surface area contributed by atoms with Crippen LogP contribution in [0.3, 0.4) is 0 Å². The van der Waals surface area contributed by atoms with Crippen LogP contribution in [-0.4, -0.2) is 28.7 Å². The van der Waals surface area contributed by atoms with Gasteiger partial charge in [-0.1, -0.05) is 13.8 Å². The molecule has 152 valence electrons. The van der Waals surface area contributed by atoms with Crippen molar-refractivity contribution in [2.45, 2.75) is 39.8 Å². The first kappa shape index (κ1) is 19.3. The molecule has 0 saturated carbocycles. The van der Waals surface area contributed by atoms with E-state index in [0.29, 0.717) is 12.5 Å². The number of pyridine rings is 1. The van der Waals surface area contributed by atoms with Gasteiger partial charge in [0.25, 0.3) is 0 Å². The first-order valence-corrected chi connectivity index (χ1v) is 10.4. The molecule has 3 aromatic rings. The summed E-state index contributed by atoms with van der Waals surface area (Å²) in [6.45, 7) is 8.01. The van der Waals surface area contributed by atoms with Crippen LogP contribution in [0.5, 0.6) is 0 Å². The zero-order valence-electron chi connectivity index (χ0n) is 17.2.